The average Bonchev–Trinajstić information content (AvgIpc) is 2.57. The monoisotopic (exact) mass is 210 g/mol. The summed E-state index contributed by atoms with van der Waals surface area (Å²) in [5.41, 5.74) is 0.555. The van der Waals surface area contributed by atoms with Gasteiger partial charge in [-0.1, -0.05) is 26.2 Å². The molecule has 2 rings (SSSR count). The Bertz CT molecular complexity index is 177. The topological polar surface area (TPSA) is 15.3 Å². The Morgan fingerprint density at radius 2 is 1.73 bits per heavy atom. The van der Waals surface area contributed by atoms with Gasteiger partial charge in [0.05, 0.1) is 0 Å². The maximum absolute atomic E-state index is 3.50. The Morgan fingerprint density at radius 3 is 2.33 bits per heavy atom. The summed E-state index contributed by atoms with van der Waals surface area (Å²) in [5.74, 6) is 0. The van der Waals surface area contributed by atoms with E-state index < -0.39 is 0 Å². The van der Waals surface area contributed by atoms with Gasteiger partial charge in [0.15, 0.2) is 0 Å². The lowest BCUT2D eigenvalue weighted by Crippen LogP contribution is -2.39. The minimum Gasteiger partial charge on any atom is -0.316 e. The molecule has 2 heterocycles. The van der Waals surface area contributed by atoms with Crippen LogP contribution in [0.25, 0.3) is 0 Å². The van der Waals surface area contributed by atoms with Crippen molar-refractivity contribution in [3.05, 3.63) is 0 Å². The van der Waals surface area contributed by atoms with E-state index in [4.69, 9.17) is 0 Å². The zero-order valence-electron chi connectivity index (χ0n) is 10.2. The van der Waals surface area contributed by atoms with Crippen molar-refractivity contribution in [1.29, 1.82) is 0 Å². The van der Waals surface area contributed by atoms with Gasteiger partial charge in [0, 0.05) is 13.1 Å². The third-order valence-electron chi connectivity index (χ3n) is 4.01. The van der Waals surface area contributed by atoms with Gasteiger partial charge in [0.25, 0.3) is 0 Å². The number of hydrogen-bond donors (Lipinski definition) is 1. The number of rotatable bonds is 2. The van der Waals surface area contributed by atoms with Gasteiger partial charge in [0.1, 0.15) is 0 Å². The number of nitrogens with zero attached hydrogens (tertiary/aromatic N) is 1. The van der Waals surface area contributed by atoms with Crippen LogP contribution in [-0.2, 0) is 0 Å². The highest BCUT2D eigenvalue weighted by molar-refractivity contribution is 4.86. The Morgan fingerprint density at radius 1 is 1.07 bits per heavy atom. The van der Waals surface area contributed by atoms with Crippen molar-refractivity contribution in [1.82, 2.24) is 10.2 Å². The number of hydrogen-bond acceptors (Lipinski definition) is 2. The van der Waals surface area contributed by atoms with Crippen LogP contribution in [0.4, 0.5) is 0 Å². The highest BCUT2D eigenvalue weighted by Crippen LogP contribution is 2.26. The lowest BCUT2D eigenvalue weighted by atomic mass is 9.89. The molecule has 2 aliphatic heterocycles. The van der Waals surface area contributed by atoms with Crippen LogP contribution in [-0.4, -0.2) is 37.6 Å². The third-order valence-corrected chi connectivity index (χ3v) is 4.01. The second-order valence-corrected chi connectivity index (χ2v) is 5.78. The molecule has 15 heavy (non-hydrogen) atoms. The maximum atomic E-state index is 3.50. The predicted octanol–water partition coefficient (Wildman–Crippen LogP) is 2.25. The van der Waals surface area contributed by atoms with Crippen molar-refractivity contribution in [2.24, 2.45) is 5.41 Å². The summed E-state index contributed by atoms with van der Waals surface area (Å²) in [7, 11) is 0. The van der Waals surface area contributed by atoms with Crippen LogP contribution in [0.2, 0.25) is 0 Å². The average molecular weight is 210 g/mol. The fourth-order valence-electron chi connectivity index (χ4n) is 3.01. The molecule has 0 amide bonds. The van der Waals surface area contributed by atoms with Gasteiger partial charge in [-0.25, -0.2) is 0 Å². The van der Waals surface area contributed by atoms with Crippen LogP contribution < -0.4 is 5.32 Å². The summed E-state index contributed by atoms with van der Waals surface area (Å²) in [6, 6.07) is 0. The molecule has 2 heteroatoms. The van der Waals surface area contributed by atoms with Crippen LogP contribution >= 0.6 is 0 Å². The van der Waals surface area contributed by atoms with Gasteiger partial charge in [0.2, 0.25) is 0 Å². The Hall–Kier alpha value is -0.0800. The van der Waals surface area contributed by atoms with E-state index in [1.165, 1.54) is 71.2 Å². The summed E-state index contributed by atoms with van der Waals surface area (Å²) >= 11 is 0. The van der Waals surface area contributed by atoms with Crippen LogP contribution in [0.3, 0.4) is 0 Å². The van der Waals surface area contributed by atoms with Crippen LogP contribution in [0, 0.1) is 5.41 Å². The van der Waals surface area contributed by atoms with Gasteiger partial charge in [-0.2, -0.15) is 0 Å². The van der Waals surface area contributed by atoms with Crippen molar-refractivity contribution in [2.75, 3.05) is 32.7 Å². The van der Waals surface area contributed by atoms with E-state index >= 15 is 0 Å². The molecule has 0 aromatic rings. The first-order valence-corrected chi connectivity index (χ1v) is 6.72. The predicted molar refractivity (Wildman–Crippen MR) is 65.1 cm³/mol. The molecule has 2 aliphatic rings. The molecular weight excluding hydrogens is 184 g/mol. The van der Waals surface area contributed by atoms with Crippen molar-refractivity contribution >= 4 is 0 Å². The fraction of sp³-hybridized carbons (Fsp3) is 1.00. The first-order valence-electron chi connectivity index (χ1n) is 6.72. The van der Waals surface area contributed by atoms with Crippen molar-refractivity contribution in [3.8, 4) is 0 Å². The highest BCUT2D eigenvalue weighted by atomic mass is 15.1. The van der Waals surface area contributed by atoms with Gasteiger partial charge in [-0.3, -0.25) is 0 Å². The number of nitrogens with one attached hydrogen (secondary N) is 1. The van der Waals surface area contributed by atoms with Gasteiger partial charge < -0.3 is 10.2 Å². The molecule has 2 fully saturated rings. The molecule has 2 nitrogen and oxygen atoms in total. The lowest BCUT2D eigenvalue weighted by Gasteiger charge is -2.33. The van der Waals surface area contributed by atoms with E-state index in [-0.39, 0.29) is 0 Å². The minimum atomic E-state index is 0.555. The summed E-state index contributed by atoms with van der Waals surface area (Å²) in [6.07, 6.45) is 8.57. The maximum Gasteiger partial charge on any atom is 0.00480 e. The second kappa shape index (κ2) is 5.31. The quantitative estimate of drug-likeness (QED) is 0.752. The standard InChI is InChI=1S/C13H26N2/c1-13(7-8-14-11-13)12-15-9-5-3-2-4-6-10-15/h14H,2-12H2,1H3. The van der Waals surface area contributed by atoms with E-state index in [0.717, 1.165) is 0 Å². The fourth-order valence-corrected chi connectivity index (χ4v) is 3.01. The molecule has 0 aromatic heterocycles. The molecule has 0 radical (unpaired) electrons. The molecule has 0 saturated carbocycles. The molecule has 1 atom stereocenters. The van der Waals surface area contributed by atoms with Crippen molar-refractivity contribution in [2.45, 2.75) is 45.4 Å². The first kappa shape index (κ1) is 11.4. The van der Waals surface area contributed by atoms with E-state index in [1.807, 2.05) is 0 Å². The molecule has 88 valence electrons. The van der Waals surface area contributed by atoms with Gasteiger partial charge >= 0.3 is 0 Å². The van der Waals surface area contributed by atoms with Gasteiger partial charge in [-0.15, -0.1) is 0 Å². The molecular formula is C13H26N2. The number of likely N-dealkylation sites (tertiary alicyclic amines) is 1. The Kier molecular flexibility index (Phi) is 4.04. The van der Waals surface area contributed by atoms with E-state index in [0.29, 0.717) is 5.41 Å². The van der Waals surface area contributed by atoms with Crippen LogP contribution in [0.5, 0.6) is 0 Å². The summed E-state index contributed by atoms with van der Waals surface area (Å²) < 4.78 is 0. The summed E-state index contributed by atoms with van der Waals surface area (Å²) in [4.78, 5) is 2.71. The lowest BCUT2D eigenvalue weighted by molar-refractivity contribution is 0.165. The highest BCUT2D eigenvalue weighted by Gasteiger charge is 2.30. The molecule has 2 saturated heterocycles. The largest absolute Gasteiger partial charge is 0.316 e. The molecule has 0 aliphatic carbocycles. The molecule has 1 unspecified atom stereocenters. The normalized spacial score (nSPS) is 35.0. The second-order valence-electron chi connectivity index (χ2n) is 5.78. The summed E-state index contributed by atoms with van der Waals surface area (Å²) in [6.45, 7) is 8.91. The molecule has 1 N–H and O–H groups in total. The van der Waals surface area contributed by atoms with Crippen LogP contribution in [0.15, 0.2) is 0 Å². The Labute approximate surface area is 94.4 Å². The van der Waals surface area contributed by atoms with Crippen LogP contribution in [0.1, 0.15) is 45.4 Å². The summed E-state index contributed by atoms with van der Waals surface area (Å²) in [5, 5.41) is 3.50. The Balaban J connectivity index is 1.80. The van der Waals surface area contributed by atoms with Crippen molar-refractivity contribution < 1.29 is 0 Å². The smallest absolute Gasteiger partial charge is 0.00480 e. The van der Waals surface area contributed by atoms with E-state index in [1.54, 1.807) is 0 Å². The van der Waals surface area contributed by atoms with E-state index in [9.17, 15) is 0 Å². The minimum absolute atomic E-state index is 0.555. The first-order chi connectivity index (χ1) is 7.29. The SMILES string of the molecule is CC1(CN2CCCCCCC2)CCNC1. The molecule has 0 spiro atoms. The van der Waals surface area contributed by atoms with Crippen molar-refractivity contribution in [3.63, 3.8) is 0 Å². The zero-order chi connectivity index (χ0) is 10.6. The van der Waals surface area contributed by atoms with E-state index in [2.05, 4.69) is 17.1 Å². The molecule has 0 bridgehead atoms. The zero-order valence-corrected chi connectivity index (χ0v) is 10.2. The molecule has 0 aromatic carbocycles. The third kappa shape index (κ3) is 3.46. The van der Waals surface area contributed by atoms with Gasteiger partial charge in [-0.05, 0) is 44.3 Å².